The van der Waals surface area contributed by atoms with Crippen molar-refractivity contribution in [1.29, 1.82) is 0 Å². The molecule has 0 spiro atoms. The molecule has 0 atom stereocenters. The van der Waals surface area contributed by atoms with Crippen LogP contribution < -0.4 is 0 Å². The van der Waals surface area contributed by atoms with Gasteiger partial charge in [-0.25, -0.2) is 9.37 Å². The summed E-state index contributed by atoms with van der Waals surface area (Å²) in [4.78, 5) is 5.33. The molecule has 0 aliphatic heterocycles. The Labute approximate surface area is 299 Å². The van der Waals surface area contributed by atoms with E-state index in [1.165, 1.54) is 45.6 Å². The Bertz CT molecular complexity index is 2530. The van der Waals surface area contributed by atoms with Crippen LogP contribution in [0.2, 0.25) is 0 Å². The fourth-order valence-corrected chi connectivity index (χ4v) is 7.38. The number of hydrogen-bond donors (Lipinski definition) is 0. The molecule has 2 aromatic heterocycles. The first-order valence-corrected chi connectivity index (χ1v) is 18.0. The molecule has 0 radical (unpaired) electrons. The zero-order valence-electron chi connectivity index (χ0n) is 30.4. The van der Waals surface area contributed by atoms with E-state index >= 15 is 0 Å². The van der Waals surface area contributed by atoms with Gasteiger partial charge in [-0.1, -0.05) is 115 Å². The van der Waals surface area contributed by atoms with Gasteiger partial charge < -0.3 is 4.42 Å². The number of para-hydroxylation sites is 3. The quantitative estimate of drug-likeness (QED) is 0.176. The Morgan fingerprint density at radius 3 is 1.92 bits per heavy atom. The lowest BCUT2D eigenvalue weighted by Gasteiger charge is -2.25. The fourth-order valence-electron chi connectivity index (χ4n) is 7.38. The smallest absolute Gasteiger partial charge is 0.149 e. The zero-order chi connectivity index (χ0) is 35.6. The van der Waals surface area contributed by atoms with Crippen LogP contribution in [0.15, 0.2) is 126 Å². The number of nitrogens with zero attached hydrogens (tertiary/aromatic N) is 2. The standard InChI is InChI=1S/C47H43FN2O/c1-28(2)39-25-33(31-15-20-34(21-16-31)47(5,6)7)26-40(29(3)4)44(39)50-42-14-9-8-13-41(42)49-46(50)38-12-10-11-37-36-24-19-32(27-43(36)51-45(37)38)30-17-22-35(48)23-18-30/h8-29H,1-7H3. The second-order valence-electron chi connectivity index (χ2n) is 15.4. The minimum Gasteiger partial charge on any atom is -0.455 e. The third-order valence-corrected chi connectivity index (χ3v) is 10.2. The van der Waals surface area contributed by atoms with Gasteiger partial charge in [0.2, 0.25) is 0 Å². The molecule has 8 aromatic rings. The maximum Gasteiger partial charge on any atom is 0.149 e. The normalized spacial score (nSPS) is 12.3. The molecule has 0 N–H and O–H groups in total. The van der Waals surface area contributed by atoms with E-state index in [4.69, 9.17) is 9.40 Å². The van der Waals surface area contributed by atoms with Gasteiger partial charge in [-0.3, -0.25) is 4.57 Å². The van der Waals surface area contributed by atoms with Gasteiger partial charge in [-0.15, -0.1) is 0 Å². The van der Waals surface area contributed by atoms with Crippen molar-refractivity contribution in [3.05, 3.63) is 144 Å². The topological polar surface area (TPSA) is 31.0 Å². The molecule has 2 heterocycles. The van der Waals surface area contributed by atoms with Crippen molar-refractivity contribution in [1.82, 2.24) is 9.55 Å². The molecule has 0 amide bonds. The lowest BCUT2D eigenvalue weighted by Crippen LogP contribution is -2.11. The van der Waals surface area contributed by atoms with Gasteiger partial charge in [-0.05, 0) is 111 Å². The average Bonchev–Trinajstić information content (AvgIpc) is 3.69. The monoisotopic (exact) mass is 670 g/mol. The maximum atomic E-state index is 13.7. The number of benzene rings is 6. The van der Waals surface area contributed by atoms with E-state index in [0.717, 1.165) is 55.5 Å². The molecule has 3 nitrogen and oxygen atoms in total. The average molecular weight is 671 g/mol. The van der Waals surface area contributed by atoms with E-state index in [0.29, 0.717) is 0 Å². The van der Waals surface area contributed by atoms with Crippen LogP contribution in [0.3, 0.4) is 0 Å². The summed E-state index contributed by atoms with van der Waals surface area (Å²) in [5.41, 5.74) is 14.1. The molecular formula is C47H43FN2O. The van der Waals surface area contributed by atoms with Gasteiger partial charge in [0.1, 0.15) is 22.8 Å². The van der Waals surface area contributed by atoms with Gasteiger partial charge in [0, 0.05) is 10.8 Å². The number of hydrogen-bond acceptors (Lipinski definition) is 2. The van der Waals surface area contributed by atoms with Crippen LogP contribution in [0.5, 0.6) is 0 Å². The maximum absolute atomic E-state index is 13.7. The first kappa shape index (κ1) is 32.7. The van der Waals surface area contributed by atoms with Crippen molar-refractivity contribution in [3.63, 3.8) is 0 Å². The van der Waals surface area contributed by atoms with Crippen molar-refractivity contribution in [2.24, 2.45) is 0 Å². The lowest BCUT2D eigenvalue weighted by molar-refractivity contribution is 0.590. The largest absolute Gasteiger partial charge is 0.455 e. The summed E-state index contributed by atoms with van der Waals surface area (Å²) in [5, 5.41) is 2.07. The Morgan fingerprint density at radius 1 is 0.627 bits per heavy atom. The summed E-state index contributed by atoms with van der Waals surface area (Å²) in [5.74, 6) is 1.12. The SMILES string of the molecule is CC(C)c1cc(-c2ccc(C(C)(C)C)cc2)cc(C(C)C)c1-n1c(-c2cccc3c2oc2cc(-c4ccc(F)cc4)ccc23)nc2ccccc21. The van der Waals surface area contributed by atoms with Crippen LogP contribution in [-0.4, -0.2) is 9.55 Å². The summed E-state index contributed by atoms with van der Waals surface area (Å²) in [6.07, 6.45) is 0. The third-order valence-electron chi connectivity index (χ3n) is 10.2. The van der Waals surface area contributed by atoms with Gasteiger partial charge in [0.25, 0.3) is 0 Å². The van der Waals surface area contributed by atoms with E-state index in [1.807, 2.05) is 0 Å². The minimum atomic E-state index is -0.248. The van der Waals surface area contributed by atoms with E-state index in [2.05, 4.69) is 150 Å². The highest BCUT2D eigenvalue weighted by Crippen LogP contribution is 2.43. The van der Waals surface area contributed by atoms with Crippen molar-refractivity contribution < 1.29 is 8.81 Å². The van der Waals surface area contributed by atoms with Gasteiger partial charge in [0.05, 0.1) is 22.3 Å². The highest BCUT2D eigenvalue weighted by atomic mass is 19.1. The van der Waals surface area contributed by atoms with Crippen molar-refractivity contribution in [2.75, 3.05) is 0 Å². The first-order chi connectivity index (χ1) is 24.5. The summed E-state index contributed by atoms with van der Waals surface area (Å²) in [6.45, 7) is 15.9. The molecule has 0 unspecified atom stereocenters. The molecule has 8 rings (SSSR count). The fraction of sp³-hybridized carbons (Fsp3) is 0.213. The highest BCUT2D eigenvalue weighted by Gasteiger charge is 2.25. The van der Waals surface area contributed by atoms with E-state index < -0.39 is 0 Å². The van der Waals surface area contributed by atoms with Crippen LogP contribution >= 0.6 is 0 Å². The van der Waals surface area contributed by atoms with E-state index in [9.17, 15) is 4.39 Å². The van der Waals surface area contributed by atoms with E-state index in [-0.39, 0.29) is 23.1 Å². The molecule has 254 valence electrons. The highest BCUT2D eigenvalue weighted by molar-refractivity contribution is 6.10. The number of halogens is 1. The minimum absolute atomic E-state index is 0.0983. The molecule has 0 aliphatic rings. The van der Waals surface area contributed by atoms with Crippen LogP contribution in [0.25, 0.3) is 72.3 Å². The predicted molar refractivity (Wildman–Crippen MR) is 211 cm³/mol. The molecule has 4 heteroatoms. The van der Waals surface area contributed by atoms with Crippen LogP contribution in [0.4, 0.5) is 4.39 Å². The number of rotatable bonds is 6. The van der Waals surface area contributed by atoms with Crippen molar-refractivity contribution >= 4 is 33.0 Å². The molecule has 0 saturated heterocycles. The molecule has 6 aromatic carbocycles. The van der Waals surface area contributed by atoms with Crippen LogP contribution in [-0.2, 0) is 5.41 Å². The summed E-state index contributed by atoms with van der Waals surface area (Å²) < 4.78 is 22.8. The van der Waals surface area contributed by atoms with Crippen molar-refractivity contribution in [2.45, 2.75) is 65.7 Å². The Hall–Kier alpha value is -5.48. The molecule has 0 bridgehead atoms. The van der Waals surface area contributed by atoms with Crippen LogP contribution in [0.1, 0.15) is 77.0 Å². The van der Waals surface area contributed by atoms with E-state index in [1.54, 1.807) is 12.1 Å². The summed E-state index contributed by atoms with van der Waals surface area (Å²) in [7, 11) is 0. The summed E-state index contributed by atoms with van der Waals surface area (Å²) >= 11 is 0. The van der Waals surface area contributed by atoms with Gasteiger partial charge >= 0.3 is 0 Å². The molecule has 51 heavy (non-hydrogen) atoms. The number of aromatic nitrogens is 2. The number of furan rings is 1. The number of fused-ring (bicyclic) bond motifs is 4. The van der Waals surface area contributed by atoms with Crippen molar-refractivity contribution in [3.8, 4) is 39.3 Å². The van der Waals surface area contributed by atoms with Gasteiger partial charge in [-0.2, -0.15) is 0 Å². The predicted octanol–water partition coefficient (Wildman–Crippen LogP) is 13.6. The molecule has 0 saturated carbocycles. The zero-order valence-corrected chi connectivity index (χ0v) is 30.4. The molecule has 0 aliphatic carbocycles. The second-order valence-corrected chi connectivity index (χ2v) is 15.4. The molecular weight excluding hydrogens is 628 g/mol. The third kappa shape index (κ3) is 5.73. The summed E-state index contributed by atoms with van der Waals surface area (Å²) in [6, 6.07) is 41.4. The molecule has 0 fully saturated rings. The Morgan fingerprint density at radius 2 is 1.25 bits per heavy atom. The number of imidazole rings is 1. The van der Waals surface area contributed by atoms with Gasteiger partial charge in [0.15, 0.2) is 0 Å². The lowest BCUT2D eigenvalue weighted by atomic mass is 9.85. The Balaban J connectivity index is 1.36. The Kier molecular flexibility index (Phi) is 7.94. The second kappa shape index (κ2) is 12.4. The first-order valence-electron chi connectivity index (χ1n) is 18.0. The van der Waals surface area contributed by atoms with Crippen LogP contribution in [0, 0.1) is 5.82 Å².